The molecule has 142 valence electrons. The molecule has 0 aliphatic carbocycles. The van der Waals surface area contributed by atoms with E-state index < -0.39 is 0 Å². The van der Waals surface area contributed by atoms with Crippen LogP contribution >= 0.6 is 34.8 Å². The lowest BCUT2D eigenvalue weighted by Gasteiger charge is -2.17. The average Bonchev–Trinajstić information content (AvgIpc) is 3.21. The van der Waals surface area contributed by atoms with Gasteiger partial charge in [0.2, 0.25) is 0 Å². The maximum Gasteiger partial charge on any atom is 0.253 e. The van der Waals surface area contributed by atoms with E-state index in [0.29, 0.717) is 33.1 Å². The molecule has 2 heterocycles. The third kappa shape index (κ3) is 3.88. The second-order valence-corrected chi connectivity index (χ2v) is 8.07. The second kappa shape index (κ2) is 8.12. The number of rotatable bonds is 3. The number of aromatic nitrogens is 1. The number of benzene rings is 2. The molecule has 2 aromatic carbocycles. The van der Waals surface area contributed by atoms with Gasteiger partial charge in [0.1, 0.15) is 0 Å². The van der Waals surface area contributed by atoms with Crippen molar-refractivity contribution in [2.45, 2.75) is 12.3 Å². The Morgan fingerprint density at radius 2 is 1.86 bits per heavy atom. The lowest BCUT2D eigenvalue weighted by molar-refractivity contribution is 0.0791. The Kier molecular flexibility index (Phi) is 5.58. The first-order chi connectivity index (χ1) is 13.5. The van der Waals surface area contributed by atoms with Crippen LogP contribution in [-0.4, -0.2) is 28.9 Å². The fourth-order valence-electron chi connectivity index (χ4n) is 3.58. The van der Waals surface area contributed by atoms with Gasteiger partial charge in [0.05, 0.1) is 10.0 Å². The Hall–Kier alpha value is -2.07. The van der Waals surface area contributed by atoms with Crippen LogP contribution in [0.25, 0.3) is 11.1 Å². The summed E-state index contributed by atoms with van der Waals surface area (Å²) in [5, 5.41) is 1.37. The van der Waals surface area contributed by atoms with Crippen molar-refractivity contribution >= 4 is 40.7 Å². The summed E-state index contributed by atoms with van der Waals surface area (Å²) in [5.41, 5.74) is 3.44. The van der Waals surface area contributed by atoms with Gasteiger partial charge in [-0.2, -0.15) is 0 Å². The summed E-state index contributed by atoms with van der Waals surface area (Å²) < 4.78 is 0. The van der Waals surface area contributed by atoms with Crippen LogP contribution in [0.15, 0.2) is 60.9 Å². The van der Waals surface area contributed by atoms with E-state index >= 15 is 0 Å². The summed E-state index contributed by atoms with van der Waals surface area (Å²) in [6, 6.07) is 14.8. The first-order valence-corrected chi connectivity index (χ1v) is 10.1. The van der Waals surface area contributed by atoms with Gasteiger partial charge in [0.25, 0.3) is 5.91 Å². The zero-order chi connectivity index (χ0) is 19.7. The lowest BCUT2D eigenvalue weighted by atomic mass is 10.0. The van der Waals surface area contributed by atoms with Gasteiger partial charge in [-0.1, -0.05) is 53.0 Å². The highest BCUT2D eigenvalue weighted by atomic mass is 35.5. The normalized spacial score (nSPS) is 16.4. The molecule has 4 rings (SSSR count). The number of likely N-dealkylation sites (tertiary alicyclic amines) is 1. The smallest absolute Gasteiger partial charge is 0.253 e. The number of carbonyl (C=O) groups excluding carboxylic acids is 1. The van der Waals surface area contributed by atoms with E-state index in [1.165, 1.54) is 5.56 Å². The molecule has 1 saturated heterocycles. The van der Waals surface area contributed by atoms with Crippen molar-refractivity contribution in [2.24, 2.45) is 0 Å². The predicted molar refractivity (Wildman–Crippen MR) is 114 cm³/mol. The molecule has 1 amide bonds. The number of pyridine rings is 1. The number of amides is 1. The predicted octanol–water partition coefficient (Wildman–Crippen LogP) is 6.34. The summed E-state index contributed by atoms with van der Waals surface area (Å²) in [6.45, 7) is 1.46. The summed E-state index contributed by atoms with van der Waals surface area (Å²) in [5.74, 6) is 0.373. The molecule has 0 radical (unpaired) electrons. The third-order valence-electron chi connectivity index (χ3n) is 5.07. The van der Waals surface area contributed by atoms with Gasteiger partial charge in [-0.25, -0.2) is 0 Å². The SMILES string of the molecule is O=C(c1ccc(-c2cc(Cl)cc(Cl)c2Cl)cc1)N1CCC(c2cccnc2)C1. The standard InChI is InChI=1S/C22H17Cl3N2O/c23-18-10-19(21(25)20(24)11-18)14-3-5-15(6-4-14)22(28)27-9-7-17(13-27)16-2-1-8-26-12-16/h1-6,8,10-12,17H,7,9,13H2. The molecule has 1 fully saturated rings. The van der Waals surface area contributed by atoms with Crippen LogP contribution in [-0.2, 0) is 0 Å². The van der Waals surface area contributed by atoms with Gasteiger partial charge in [-0.15, -0.1) is 0 Å². The molecule has 0 spiro atoms. The Labute approximate surface area is 178 Å². The molecule has 28 heavy (non-hydrogen) atoms. The molecular formula is C22H17Cl3N2O. The third-order valence-corrected chi connectivity index (χ3v) is 6.09. The van der Waals surface area contributed by atoms with Crippen LogP contribution in [0, 0.1) is 0 Å². The van der Waals surface area contributed by atoms with Crippen LogP contribution in [0.2, 0.25) is 15.1 Å². The van der Waals surface area contributed by atoms with E-state index in [1.807, 2.05) is 41.4 Å². The summed E-state index contributed by atoms with van der Waals surface area (Å²) >= 11 is 18.5. The van der Waals surface area contributed by atoms with Crippen molar-refractivity contribution in [3.63, 3.8) is 0 Å². The quantitative estimate of drug-likeness (QED) is 0.453. The van der Waals surface area contributed by atoms with Crippen LogP contribution in [0.1, 0.15) is 28.3 Å². The van der Waals surface area contributed by atoms with E-state index in [-0.39, 0.29) is 5.91 Å². The van der Waals surface area contributed by atoms with Gasteiger partial charge in [-0.05, 0) is 47.9 Å². The van der Waals surface area contributed by atoms with Crippen LogP contribution < -0.4 is 0 Å². The number of hydrogen-bond donors (Lipinski definition) is 0. The Morgan fingerprint density at radius 3 is 2.57 bits per heavy atom. The average molecular weight is 432 g/mol. The molecule has 3 aromatic rings. The molecule has 3 nitrogen and oxygen atoms in total. The minimum absolute atomic E-state index is 0.0353. The van der Waals surface area contributed by atoms with E-state index in [1.54, 1.807) is 18.3 Å². The molecule has 1 atom stereocenters. The van der Waals surface area contributed by atoms with Gasteiger partial charge in [0.15, 0.2) is 0 Å². The molecule has 0 saturated carbocycles. The Morgan fingerprint density at radius 1 is 1.07 bits per heavy atom. The highest BCUT2D eigenvalue weighted by Gasteiger charge is 2.28. The van der Waals surface area contributed by atoms with Crippen LogP contribution in [0.5, 0.6) is 0 Å². The summed E-state index contributed by atoms with van der Waals surface area (Å²) in [6.07, 6.45) is 4.60. The maximum absolute atomic E-state index is 12.9. The highest BCUT2D eigenvalue weighted by molar-refractivity contribution is 6.45. The van der Waals surface area contributed by atoms with Crippen LogP contribution in [0.3, 0.4) is 0 Å². The van der Waals surface area contributed by atoms with Crippen molar-refractivity contribution < 1.29 is 4.79 Å². The fraction of sp³-hybridized carbons (Fsp3) is 0.182. The van der Waals surface area contributed by atoms with Crippen molar-refractivity contribution in [3.05, 3.63) is 87.1 Å². The van der Waals surface area contributed by atoms with Gasteiger partial charge < -0.3 is 4.90 Å². The molecule has 1 aromatic heterocycles. The number of carbonyl (C=O) groups is 1. The summed E-state index contributed by atoms with van der Waals surface area (Å²) in [7, 11) is 0. The number of hydrogen-bond acceptors (Lipinski definition) is 2. The van der Waals surface area contributed by atoms with Crippen LogP contribution in [0.4, 0.5) is 0 Å². The minimum Gasteiger partial charge on any atom is -0.338 e. The zero-order valence-electron chi connectivity index (χ0n) is 14.9. The first kappa shape index (κ1) is 19.3. The van der Waals surface area contributed by atoms with Crippen molar-refractivity contribution in [1.82, 2.24) is 9.88 Å². The van der Waals surface area contributed by atoms with Gasteiger partial charge >= 0.3 is 0 Å². The highest BCUT2D eigenvalue weighted by Crippen LogP contribution is 2.36. The van der Waals surface area contributed by atoms with Crippen molar-refractivity contribution in [3.8, 4) is 11.1 Å². The Bertz CT molecular complexity index is 1010. The largest absolute Gasteiger partial charge is 0.338 e. The lowest BCUT2D eigenvalue weighted by Crippen LogP contribution is -2.28. The van der Waals surface area contributed by atoms with Gasteiger partial charge in [0, 0.05) is 47.6 Å². The molecule has 6 heteroatoms. The molecule has 1 aliphatic heterocycles. The molecule has 1 aliphatic rings. The van der Waals surface area contributed by atoms with E-state index in [2.05, 4.69) is 11.1 Å². The maximum atomic E-state index is 12.9. The number of halogens is 3. The van der Waals surface area contributed by atoms with E-state index in [0.717, 1.165) is 24.1 Å². The zero-order valence-corrected chi connectivity index (χ0v) is 17.2. The first-order valence-electron chi connectivity index (χ1n) is 8.97. The topological polar surface area (TPSA) is 33.2 Å². The van der Waals surface area contributed by atoms with Crippen molar-refractivity contribution in [1.29, 1.82) is 0 Å². The molecule has 0 bridgehead atoms. The monoisotopic (exact) mass is 430 g/mol. The molecule has 1 unspecified atom stereocenters. The Balaban J connectivity index is 1.51. The minimum atomic E-state index is 0.0353. The second-order valence-electron chi connectivity index (χ2n) is 6.85. The molecule has 0 N–H and O–H groups in total. The fourth-order valence-corrected chi connectivity index (χ4v) is 4.29. The van der Waals surface area contributed by atoms with E-state index in [4.69, 9.17) is 34.8 Å². The number of nitrogens with zero attached hydrogens (tertiary/aromatic N) is 2. The van der Waals surface area contributed by atoms with Crippen molar-refractivity contribution in [2.75, 3.05) is 13.1 Å². The summed E-state index contributed by atoms with van der Waals surface area (Å²) in [4.78, 5) is 19.0. The molecular weight excluding hydrogens is 415 g/mol. The van der Waals surface area contributed by atoms with Gasteiger partial charge in [-0.3, -0.25) is 9.78 Å². The van der Waals surface area contributed by atoms with E-state index in [9.17, 15) is 4.79 Å².